The largest absolute Gasteiger partial charge is 0.569 e. The topological polar surface area (TPSA) is 42.4 Å². The van der Waals surface area contributed by atoms with Gasteiger partial charge >= 0.3 is 7.69 Å². The molecular formula is C5H4BFNO2. The van der Waals surface area contributed by atoms with Crippen molar-refractivity contribution in [2.75, 3.05) is 0 Å². The Balaban J connectivity index is 2.69. The Labute approximate surface area is 57.8 Å². The molecule has 5 heteroatoms. The Kier molecular flexibility index (Phi) is 2.22. The number of halogens is 1. The second kappa shape index (κ2) is 3.17. The molecule has 1 heterocycles. The maximum absolute atomic E-state index is 12.1. The minimum atomic E-state index is -0.578. The van der Waals surface area contributed by atoms with Gasteiger partial charge in [0.1, 0.15) is 5.75 Å². The van der Waals surface area contributed by atoms with Crippen molar-refractivity contribution in [1.82, 2.24) is 4.98 Å². The molecule has 0 aliphatic rings. The smallest absolute Gasteiger partial charge is 0.536 e. The number of nitrogens with zero attached hydrogens (tertiary/aromatic N) is 1. The predicted molar refractivity (Wildman–Crippen MR) is 32.8 cm³/mol. The zero-order valence-electron chi connectivity index (χ0n) is 4.99. The molecule has 1 N–H and O–H groups in total. The number of hydrogen-bond acceptors (Lipinski definition) is 3. The molecule has 0 saturated heterocycles. The van der Waals surface area contributed by atoms with Gasteiger partial charge in [-0.3, -0.25) is 0 Å². The standard InChI is InChI=1S/C5H4BFNO2/c7-5-2-1-4(3-8-5)10-6-9/h1-3,9H. The van der Waals surface area contributed by atoms with Crippen molar-refractivity contribution in [3.63, 3.8) is 0 Å². The maximum atomic E-state index is 12.1. The van der Waals surface area contributed by atoms with Crippen LogP contribution in [0.3, 0.4) is 0 Å². The molecule has 3 nitrogen and oxygen atoms in total. The second-order valence-corrected chi connectivity index (χ2v) is 1.54. The SMILES string of the molecule is O[B]Oc1ccc(F)nc1. The van der Waals surface area contributed by atoms with Crippen LogP contribution in [-0.4, -0.2) is 17.7 Å². The van der Waals surface area contributed by atoms with Crippen molar-refractivity contribution in [3.8, 4) is 5.75 Å². The van der Waals surface area contributed by atoms with Crippen LogP contribution in [0.15, 0.2) is 18.3 Å². The van der Waals surface area contributed by atoms with Crippen molar-refractivity contribution in [1.29, 1.82) is 0 Å². The van der Waals surface area contributed by atoms with E-state index >= 15 is 0 Å². The van der Waals surface area contributed by atoms with E-state index in [4.69, 9.17) is 5.02 Å². The molecule has 1 radical (unpaired) electrons. The van der Waals surface area contributed by atoms with Gasteiger partial charge in [0.25, 0.3) is 0 Å². The van der Waals surface area contributed by atoms with E-state index in [-0.39, 0.29) is 0 Å². The molecule has 0 bridgehead atoms. The van der Waals surface area contributed by atoms with Gasteiger partial charge in [0, 0.05) is 0 Å². The van der Waals surface area contributed by atoms with E-state index in [1.165, 1.54) is 12.3 Å². The van der Waals surface area contributed by atoms with Crippen LogP contribution in [0.4, 0.5) is 4.39 Å². The van der Waals surface area contributed by atoms with Gasteiger partial charge in [0.05, 0.1) is 6.20 Å². The van der Waals surface area contributed by atoms with Gasteiger partial charge in [0.2, 0.25) is 5.95 Å². The first-order valence-electron chi connectivity index (χ1n) is 2.57. The van der Waals surface area contributed by atoms with Gasteiger partial charge in [-0.2, -0.15) is 4.39 Å². The monoisotopic (exact) mass is 140 g/mol. The van der Waals surface area contributed by atoms with E-state index in [0.717, 1.165) is 6.07 Å². The molecule has 1 rings (SSSR count). The first-order valence-corrected chi connectivity index (χ1v) is 2.57. The minimum Gasteiger partial charge on any atom is -0.536 e. The van der Waals surface area contributed by atoms with E-state index in [1.807, 2.05) is 0 Å². The average Bonchev–Trinajstić information content (AvgIpc) is 1.95. The van der Waals surface area contributed by atoms with Gasteiger partial charge in [-0.1, -0.05) is 0 Å². The molecule has 51 valence electrons. The molecule has 0 spiro atoms. The summed E-state index contributed by atoms with van der Waals surface area (Å²) >= 11 is 0. The van der Waals surface area contributed by atoms with Crippen molar-refractivity contribution in [2.24, 2.45) is 0 Å². The van der Waals surface area contributed by atoms with Crippen molar-refractivity contribution < 1.29 is 14.1 Å². The molecule has 1 aromatic heterocycles. The fraction of sp³-hybridized carbons (Fsp3) is 0. The molecule has 1 aromatic rings. The first kappa shape index (κ1) is 7.02. The van der Waals surface area contributed by atoms with Gasteiger partial charge < -0.3 is 9.68 Å². The number of hydrogen-bond donors (Lipinski definition) is 1. The third-order valence-electron chi connectivity index (χ3n) is 0.889. The van der Waals surface area contributed by atoms with Crippen LogP contribution in [0, 0.1) is 5.95 Å². The van der Waals surface area contributed by atoms with Crippen LogP contribution < -0.4 is 4.65 Å². The highest BCUT2D eigenvalue weighted by molar-refractivity contribution is 6.17. The summed E-state index contributed by atoms with van der Waals surface area (Å²) in [5.74, 6) is -0.283. The Bertz CT molecular complexity index is 203. The first-order chi connectivity index (χ1) is 4.83. The highest BCUT2D eigenvalue weighted by atomic mass is 19.1. The van der Waals surface area contributed by atoms with Crippen LogP contribution in [0.1, 0.15) is 0 Å². The summed E-state index contributed by atoms with van der Waals surface area (Å²) < 4.78 is 16.5. The summed E-state index contributed by atoms with van der Waals surface area (Å²) in [5, 5.41) is 8.12. The van der Waals surface area contributed by atoms with E-state index in [0.29, 0.717) is 13.4 Å². The second-order valence-electron chi connectivity index (χ2n) is 1.54. The van der Waals surface area contributed by atoms with E-state index in [2.05, 4.69) is 9.64 Å². The fourth-order valence-electron chi connectivity index (χ4n) is 0.493. The molecule has 0 saturated carbocycles. The molecule has 0 fully saturated rings. The third kappa shape index (κ3) is 1.70. The number of rotatable bonds is 2. The maximum Gasteiger partial charge on any atom is 0.569 e. The Morgan fingerprint density at radius 3 is 2.90 bits per heavy atom. The van der Waals surface area contributed by atoms with Crippen LogP contribution in [0.25, 0.3) is 0 Å². The van der Waals surface area contributed by atoms with E-state index in [9.17, 15) is 4.39 Å². The molecule has 0 aromatic carbocycles. The zero-order chi connectivity index (χ0) is 7.40. The lowest BCUT2D eigenvalue weighted by atomic mass is 10.4. The highest BCUT2D eigenvalue weighted by Crippen LogP contribution is 2.06. The number of aromatic nitrogens is 1. The normalized spacial score (nSPS) is 9.00. The summed E-state index contributed by atoms with van der Waals surface area (Å²) in [5.41, 5.74) is 0. The van der Waals surface area contributed by atoms with Crippen LogP contribution in [0.2, 0.25) is 0 Å². The Morgan fingerprint density at radius 2 is 2.40 bits per heavy atom. The van der Waals surface area contributed by atoms with E-state index < -0.39 is 5.95 Å². The van der Waals surface area contributed by atoms with Crippen LogP contribution >= 0.6 is 0 Å². The lowest BCUT2D eigenvalue weighted by Gasteiger charge is -1.97. The average molecular weight is 140 g/mol. The lowest BCUT2D eigenvalue weighted by Crippen LogP contribution is -1.99. The van der Waals surface area contributed by atoms with Gasteiger partial charge in [-0.15, -0.1) is 0 Å². The number of pyridine rings is 1. The van der Waals surface area contributed by atoms with Crippen molar-refractivity contribution in [3.05, 3.63) is 24.3 Å². The third-order valence-corrected chi connectivity index (χ3v) is 0.889. The molecule has 10 heavy (non-hydrogen) atoms. The Hall–Kier alpha value is -1.10. The quantitative estimate of drug-likeness (QED) is 0.468. The minimum absolute atomic E-state index is 0.295. The van der Waals surface area contributed by atoms with Crippen LogP contribution in [0.5, 0.6) is 5.75 Å². The van der Waals surface area contributed by atoms with E-state index in [1.54, 1.807) is 0 Å². The van der Waals surface area contributed by atoms with Gasteiger partial charge in [0.15, 0.2) is 0 Å². The van der Waals surface area contributed by atoms with Gasteiger partial charge in [-0.25, -0.2) is 4.98 Å². The molecular weight excluding hydrogens is 136 g/mol. The molecule has 0 atom stereocenters. The molecule has 0 aliphatic carbocycles. The van der Waals surface area contributed by atoms with Gasteiger partial charge in [-0.05, 0) is 12.1 Å². The van der Waals surface area contributed by atoms with Crippen molar-refractivity contribution in [2.45, 2.75) is 0 Å². The zero-order valence-corrected chi connectivity index (χ0v) is 4.99. The summed E-state index contributed by atoms with van der Waals surface area (Å²) in [7, 11) is 0.509. The van der Waals surface area contributed by atoms with Crippen LogP contribution in [-0.2, 0) is 0 Å². The Morgan fingerprint density at radius 1 is 1.60 bits per heavy atom. The highest BCUT2D eigenvalue weighted by Gasteiger charge is 1.94. The van der Waals surface area contributed by atoms with Crippen molar-refractivity contribution >= 4 is 7.69 Å². The summed E-state index contributed by atoms with van der Waals surface area (Å²) in [4.78, 5) is 3.27. The molecule has 0 aliphatic heterocycles. The summed E-state index contributed by atoms with van der Waals surface area (Å²) in [6, 6.07) is 2.49. The predicted octanol–water partition coefficient (Wildman–Crippen LogP) is 0.126. The summed E-state index contributed by atoms with van der Waals surface area (Å²) in [6.07, 6.45) is 1.17. The fourth-order valence-corrected chi connectivity index (χ4v) is 0.493. The summed E-state index contributed by atoms with van der Waals surface area (Å²) in [6.45, 7) is 0. The molecule has 0 amide bonds. The molecule has 0 unspecified atom stereocenters. The lowest BCUT2D eigenvalue weighted by molar-refractivity contribution is 0.450.